The molecule has 0 radical (unpaired) electrons. The Bertz CT molecular complexity index is 1410. The predicted octanol–water partition coefficient (Wildman–Crippen LogP) is 5.56. The van der Waals surface area contributed by atoms with Gasteiger partial charge >= 0.3 is 0 Å². The second-order valence-electron chi connectivity index (χ2n) is 8.75. The minimum atomic E-state index is -0.170. The SMILES string of the molecule is C=CCNCc1cc(NC(=O)c2ccccc2)cc(C(C)Nc2cncc(-c3ccc(O)c(OC)c3)n2)c1. The maximum atomic E-state index is 12.8. The Balaban J connectivity index is 1.57. The predicted molar refractivity (Wildman–Crippen MR) is 150 cm³/mol. The van der Waals surface area contributed by atoms with Crippen molar-refractivity contribution in [2.24, 2.45) is 0 Å². The number of nitrogens with zero attached hydrogens (tertiary/aromatic N) is 2. The summed E-state index contributed by atoms with van der Waals surface area (Å²) >= 11 is 0. The summed E-state index contributed by atoms with van der Waals surface area (Å²) in [5.74, 6) is 0.844. The normalized spacial score (nSPS) is 11.4. The molecule has 0 aliphatic carbocycles. The lowest BCUT2D eigenvalue weighted by Gasteiger charge is -2.18. The van der Waals surface area contributed by atoms with Crippen molar-refractivity contribution in [1.82, 2.24) is 15.3 Å². The van der Waals surface area contributed by atoms with E-state index in [0.29, 0.717) is 41.6 Å². The molecule has 1 atom stereocenters. The number of phenols is 1. The third-order valence-electron chi connectivity index (χ3n) is 5.90. The van der Waals surface area contributed by atoms with E-state index in [2.05, 4.69) is 33.6 Å². The maximum Gasteiger partial charge on any atom is 0.255 e. The van der Waals surface area contributed by atoms with Gasteiger partial charge in [-0.1, -0.05) is 30.3 Å². The molecule has 0 aliphatic rings. The number of amides is 1. The number of rotatable bonds is 11. The van der Waals surface area contributed by atoms with Crippen molar-refractivity contribution in [3.05, 3.63) is 108 Å². The van der Waals surface area contributed by atoms with Crippen LogP contribution < -0.4 is 20.7 Å². The van der Waals surface area contributed by atoms with Crippen molar-refractivity contribution in [1.29, 1.82) is 0 Å². The van der Waals surface area contributed by atoms with Crippen LogP contribution in [0, 0.1) is 0 Å². The Labute approximate surface area is 222 Å². The molecule has 38 heavy (non-hydrogen) atoms. The smallest absolute Gasteiger partial charge is 0.255 e. The Morgan fingerprint density at radius 2 is 1.92 bits per heavy atom. The van der Waals surface area contributed by atoms with Gasteiger partial charge < -0.3 is 25.8 Å². The van der Waals surface area contributed by atoms with Gasteiger partial charge in [0.2, 0.25) is 0 Å². The Kier molecular flexibility index (Phi) is 8.69. The summed E-state index contributed by atoms with van der Waals surface area (Å²) in [6, 6.07) is 20.0. The summed E-state index contributed by atoms with van der Waals surface area (Å²) < 4.78 is 5.22. The fourth-order valence-corrected chi connectivity index (χ4v) is 3.97. The zero-order valence-corrected chi connectivity index (χ0v) is 21.4. The van der Waals surface area contributed by atoms with E-state index in [9.17, 15) is 9.90 Å². The minimum absolute atomic E-state index is 0.0599. The van der Waals surface area contributed by atoms with Crippen molar-refractivity contribution < 1.29 is 14.6 Å². The molecular weight excluding hydrogens is 478 g/mol. The molecular formula is C30H31N5O3. The lowest BCUT2D eigenvalue weighted by atomic mass is 10.0. The van der Waals surface area contributed by atoms with Gasteiger partial charge in [-0.05, 0) is 60.5 Å². The highest BCUT2D eigenvalue weighted by Crippen LogP contribution is 2.31. The topological polar surface area (TPSA) is 108 Å². The van der Waals surface area contributed by atoms with Crippen LogP contribution in [-0.4, -0.2) is 34.6 Å². The number of hydrogen-bond acceptors (Lipinski definition) is 7. The van der Waals surface area contributed by atoms with Crippen LogP contribution in [0.3, 0.4) is 0 Å². The summed E-state index contributed by atoms with van der Waals surface area (Å²) in [5, 5.41) is 19.7. The number of aromatic hydroxyl groups is 1. The maximum absolute atomic E-state index is 12.8. The first-order chi connectivity index (χ1) is 18.5. The van der Waals surface area contributed by atoms with Gasteiger partial charge in [-0.15, -0.1) is 6.58 Å². The quantitative estimate of drug-likeness (QED) is 0.155. The molecule has 0 fully saturated rings. The highest BCUT2D eigenvalue weighted by atomic mass is 16.5. The van der Waals surface area contributed by atoms with Crippen LogP contribution in [0.25, 0.3) is 11.3 Å². The molecule has 0 saturated heterocycles. The zero-order valence-electron chi connectivity index (χ0n) is 21.4. The van der Waals surface area contributed by atoms with Gasteiger partial charge in [-0.3, -0.25) is 9.78 Å². The highest BCUT2D eigenvalue weighted by Gasteiger charge is 2.13. The molecule has 0 bridgehead atoms. The lowest BCUT2D eigenvalue weighted by Crippen LogP contribution is -2.16. The second-order valence-corrected chi connectivity index (χ2v) is 8.75. The molecule has 0 aliphatic heterocycles. The molecule has 194 valence electrons. The van der Waals surface area contributed by atoms with Crippen molar-refractivity contribution in [3.8, 4) is 22.8 Å². The number of methoxy groups -OCH3 is 1. The number of ether oxygens (including phenoxy) is 1. The summed E-state index contributed by atoms with van der Waals surface area (Å²) in [6.45, 7) is 7.08. The average molecular weight is 510 g/mol. The summed E-state index contributed by atoms with van der Waals surface area (Å²) in [4.78, 5) is 21.8. The van der Waals surface area contributed by atoms with Crippen LogP contribution in [0.5, 0.6) is 11.5 Å². The highest BCUT2D eigenvalue weighted by molar-refractivity contribution is 6.04. The van der Waals surface area contributed by atoms with Crippen LogP contribution in [0.1, 0.15) is 34.5 Å². The van der Waals surface area contributed by atoms with E-state index in [0.717, 1.165) is 16.7 Å². The molecule has 1 heterocycles. The number of carbonyl (C=O) groups excluding carboxylic acids is 1. The Morgan fingerprint density at radius 1 is 1.11 bits per heavy atom. The van der Waals surface area contributed by atoms with Gasteiger partial charge in [0.15, 0.2) is 11.5 Å². The van der Waals surface area contributed by atoms with Crippen molar-refractivity contribution in [3.63, 3.8) is 0 Å². The standard InChI is InChI=1S/C30H31N5O3/c1-4-12-31-17-21-13-24(15-25(14-21)34-30(37)22-8-6-5-7-9-22)20(2)33-29-19-32-18-26(35-29)23-10-11-27(36)28(16-23)38-3/h4-11,13-16,18-20,31,36H,1,12,17H2,2-3H3,(H,33,35)(H,34,37). The number of aromatic nitrogens is 2. The van der Waals surface area contributed by atoms with Crippen LogP contribution in [0.15, 0.2) is 91.8 Å². The first-order valence-corrected chi connectivity index (χ1v) is 12.2. The molecule has 1 unspecified atom stereocenters. The van der Waals surface area contributed by atoms with Gasteiger partial charge in [0.1, 0.15) is 5.82 Å². The van der Waals surface area contributed by atoms with E-state index in [4.69, 9.17) is 9.72 Å². The van der Waals surface area contributed by atoms with Crippen LogP contribution in [0.4, 0.5) is 11.5 Å². The van der Waals surface area contributed by atoms with E-state index >= 15 is 0 Å². The fourth-order valence-electron chi connectivity index (χ4n) is 3.97. The van der Waals surface area contributed by atoms with Gasteiger partial charge in [0.25, 0.3) is 5.91 Å². The summed E-state index contributed by atoms with van der Waals surface area (Å²) in [5.41, 5.74) is 4.70. The molecule has 1 amide bonds. The Hall–Kier alpha value is -4.69. The minimum Gasteiger partial charge on any atom is -0.504 e. The summed E-state index contributed by atoms with van der Waals surface area (Å²) in [6.07, 6.45) is 5.12. The van der Waals surface area contributed by atoms with Crippen LogP contribution >= 0.6 is 0 Å². The number of hydrogen-bond donors (Lipinski definition) is 4. The Morgan fingerprint density at radius 3 is 2.68 bits per heavy atom. The van der Waals surface area contributed by atoms with E-state index < -0.39 is 0 Å². The molecule has 4 aromatic rings. The van der Waals surface area contributed by atoms with E-state index in [1.54, 1.807) is 42.7 Å². The molecule has 1 aromatic heterocycles. The van der Waals surface area contributed by atoms with Crippen LogP contribution in [-0.2, 0) is 6.54 Å². The second kappa shape index (κ2) is 12.5. The molecule has 0 saturated carbocycles. The van der Waals surface area contributed by atoms with E-state index in [-0.39, 0.29) is 17.7 Å². The average Bonchev–Trinajstić information content (AvgIpc) is 2.94. The monoisotopic (exact) mass is 509 g/mol. The van der Waals surface area contributed by atoms with E-state index in [1.807, 2.05) is 43.3 Å². The van der Waals surface area contributed by atoms with Gasteiger partial charge in [-0.25, -0.2) is 4.98 Å². The molecule has 8 heteroatoms. The zero-order chi connectivity index (χ0) is 26.9. The molecule has 3 aromatic carbocycles. The fraction of sp³-hybridized carbons (Fsp3) is 0.167. The van der Waals surface area contributed by atoms with Gasteiger partial charge in [0.05, 0.1) is 31.2 Å². The number of carbonyl (C=O) groups is 1. The summed E-state index contributed by atoms with van der Waals surface area (Å²) in [7, 11) is 1.50. The lowest BCUT2D eigenvalue weighted by molar-refractivity contribution is 0.102. The third-order valence-corrected chi connectivity index (χ3v) is 5.90. The van der Waals surface area contributed by atoms with Gasteiger partial charge in [0, 0.05) is 29.9 Å². The molecule has 0 spiro atoms. The van der Waals surface area contributed by atoms with Crippen molar-refractivity contribution >= 4 is 17.4 Å². The van der Waals surface area contributed by atoms with Crippen LogP contribution in [0.2, 0.25) is 0 Å². The van der Waals surface area contributed by atoms with E-state index in [1.165, 1.54) is 7.11 Å². The number of anilines is 2. The van der Waals surface area contributed by atoms with Crippen molar-refractivity contribution in [2.45, 2.75) is 19.5 Å². The largest absolute Gasteiger partial charge is 0.504 e. The third kappa shape index (κ3) is 6.74. The number of nitrogens with one attached hydrogen (secondary N) is 3. The van der Waals surface area contributed by atoms with Crippen molar-refractivity contribution in [2.75, 3.05) is 24.3 Å². The molecule has 8 nitrogen and oxygen atoms in total. The first kappa shape index (κ1) is 26.4. The first-order valence-electron chi connectivity index (χ1n) is 12.2. The van der Waals surface area contributed by atoms with Gasteiger partial charge in [-0.2, -0.15) is 0 Å². The molecule has 4 rings (SSSR count). The molecule has 4 N–H and O–H groups in total. The number of benzene rings is 3. The number of phenolic OH excluding ortho intramolecular Hbond substituents is 1.